The Morgan fingerprint density at radius 1 is 0.863 bits per heavy atom. The average molecular weight is 1020 g/mol. The normalized spacial score (nSPS) is 22.6. The number of aromatic hydroxyl groups is 1. The van der Waals surface area contributed by atoms with Crippen LogP contribution < -0.4 is 54.4 Å². The second-order valence-electron chi connectivity index (χ2n) is 18.7. The molecule has 2 aliphatic rings. The van der Waals surface area contributed by atoms with Crippen molar-refractivity contribution >= 4 is 65.0 Å². The molecule has 0 saturated carbocycles. The summed E-state index contributed by atoms with van der Waals surface area (Å²) in [6.07, 6.45) is 2.02. The predicted molar refractivity (Wildman–Crippen MR) is 261 cm³/mol. The van der Waals surface area contributed by atoms with Gasteiger partial charge < -0.3 is 64.4 Å². The molecule has 0 spiro atoms. The van der Waals surface area contributed by atoms with Crippen LogP contribution in [0.15, 0.2) is 47.7 Å². The lowest BCUT2D eigenvalue weighted by atomic mass is 9.96. The first kappa shape index (κ1) is 59.6. The average Bonchev–Trinajstić information content (AvgIpc) is 4.10. The smallest absolute Gasteiger partial charge is 0.434 e. The number of nitrogens with zero attached hydrogens (tertiary/aromatic N) is 2. The Kier molecular flexibility index (Phi) is 23.1. The van der Waals surface area contributed by atoms with Gasteiger partial charge in [-0.25, -0.2) is 4.79 Å². The van der Waals surface area contributed by atoms with Crippen LogP contribution in [-0.4, -0.2) is 143 Å². The highest BCUT2D eigenvalue weighted by molar-refractivity contribution is 6.01. The number of primary amides is 3. The highest BCUT2D eigenvalue weighted by Gasteiger charge is 2.45. The lowest BCUT2D eigenvalue weighted by Gasteiger charge is -2.28. The molecule has 25 nitrogen and oxygen atoms in total. The molecule has 3 rings (SSSR count). The largest absolute Gasteiger partial charge is 0.508 e. The van der Waals surface area contributed by atoms with Crippen molar-refractivity contribution < 1.29 is 62.5 Å². The summed E-state index contributed by atoms with van der Waals surface area (Å²) in [5.74, 6) is -10.1. The van der Waals surface area contributed by atoms with Crippen LogP contribution in [0.4, 0.5) is 0 Å². The fourth-order valence-electron chi connectivity index (χ4n) is 7.99. The lowest BCUT2D eigenvalue weighted by Crippen LogP contribution is -2.59. The molecular formula is C48H72N13O12+. The fraction of sp³-hybridized carbons (Fsp3) is 0.562. The third-order valence-corrected chi connectivity index (χ3v) is 12.3. The van der Waals surface area contributed by atoms with Gasteiger partial charge in [-0.15, -0.1) is 0 Å². The molecule has 0 radical (unpaired) electrons. The molecule has 25 heteroatoms. The van der Waals surface area contributed by atoms with Crippen molar-refractivity contribution in [2.75, 3.05) is 26.7 Å². The van der Waals surface area contributed by atoms with Gasteiger partial charge in [-0.3, -0.25) is 47.9 Å². The Morgan fingerprint density at radius 3 is 2.10 bits per heavy atom. The quantitative estimate of drug-likeness (QED) is 0.0584. The second kappa shape index (κ2) is 28.3. The number of nitrogens with two attached hydrogens (primary N) is 3. The van der Waals surface area contributed by atoms with E-state index in [4.69, 9.17) is 22.7 Å². The number of carbonyl (C=O) groups excluding carboxylic acids is 11. The van der Waals surface area contributed by atoms with Crippen LogP contribution in [0.25, 0.3) is 0 Å². The Balaban J connectivity index is 1.97. The summed E-state index contributed by atoms with van der Waals surface area (Å²) < 4.78 is 0.390. The molecule has 15 N–H and O–H groups in total. The minimum absolute atomic E-state index is 0.0203. The number of rotatable bonds is 21. The Bertz CT molecular complexity index is 2320. The number of phenols is 1. The van der Waals surface area contributed by atoms with Crippen molar-refractivity contribution in [1.29, 1.82) is 5.53 Å². The van der Waals surface area contributed by atoms with Crippen LogP contribution in [0.2, 0.25) is 0 Å². The molecule has 1 saturated heterocycles. The lowest BCUT2D eigenvalue weighted by molar-refractivity contribution is -0.567. The van der Waals surface area contributed by atoms with E-state index in [0.717, 1.165) is 4.90 Å². The van der Waals surface area contributed by atoms with E-state index in [0.29, 0.717) is 34.4 Å². The minimum atomic E-state index is -1.68. The van der Waals surface area contributed by atoms with Gasteiger partial charge in [0.15, 0.2) is 6.04 Å². The molecule has 1 heterocycles. The number of hydrogen-bond acceptors (Lipinski definition) is 14. The zero-order valence-electron chi connectivity index (χ0n) is 42.2. The molecule has 400 valence electrons. The summed E-state index contributed by atoms with van der Waals surface area (Å²) in [7, 11) is 1.34. The fourth-order valence-corrected chi connectivity index (χ4v) is 7.99. The third kappa shape index (κ3) is 19.4. The van der Waals surface area contributed by atoms with Crippen LogP contribution in [-0.2, 0) is 59.2 Å². The summed E-state index contributed by atoms with van der Waals surface area (Å²) in [6.45, 7) is 7.90. The molecule has 0 aromatic heterocycles. The third-order valence-electron chi connectivity index (χ3n) is 12.3. The number of likely N-dealkylation sites (N-methyl/N-ethyl adjacent to an activating group) is 1. The van der Waals surface area contributed by atoms with Gasteiger partial charge in [-0.2, -0.15) is 0 Å². The van der Waals surface area contributed by atoms with Gasteiger partial charge >= 0.3 is 5.91 Å². The van der Waals surface area contributed by atoms with Crippen LogP contribution >= 0.6 is 0 Å². The van der Waals surface area contributed by atoms with E-state index in [1.54, 1.807) is 32.9 Å². The molecule has 1 aromatic rings. The van der Waals surface area contributed by atoms with Gasteiger partial charge in [0, 0.05) is 56.0 Å². The first-order valence-electron chi connectivity index (χ1n) is 24.2. The van der Waals surface area contributed by atoms with Crippen LogP contribution in [0.3, 0.4) is 0 Å². The monoisotopic (exact) mass is 1020 g/mol. The number of benzene rings is 1. The maximum Gasteiger partial charge on any atom is 0.434 e. The molecule has 8 unspecified atom stereocenters. The summed E-state index contributed by atoms with van der Waals surface area (Å²) in [5.41, 5.74) is 26.4. The molecule has 73 heavy (non-hydrogen) atoms. The number of allylic oxidation sites excluding steroid dienone is 2. The van der Waals surface area contributed by atoms with E-state index in [1.165, 1.54) is 31.3 Å². The van der Waals surface area contributed by atoms with Crippen molar-refractivity contribution in [1.82, 2.24) is 42.1 Å². The number of nitrogens with one attached hydrogen (secondary N) is 8. The van der Waals surface area contributed by atoms with Crippen LogP contribution in [0.1, 0.15) is 91.5 Å². The molecule has 1 fully saturated rings. The van der Waals surface area contributed by atoms with Gasteiger partial charge in [0.05, 0.1) is 25.6 Å². The molecule has 11 amide bonds. The first-order chi connectivity index (χ1) is 34.3. The van der Waals surface area contributed by atoms with Crippen molar-refractivity contribution in [2.45, 2.75) is 129 Å². The minimum Gasteiger partial charge on any atom is -0.508 e. The first-order valence-corrected chi connectivity index (χ1v) is 24.2. The van der Waals surface area contributed by atoms with Gasteiger partial charge in [0.1, 0.15) is 23.9 Å². The Hall–Kier alpha value is -7.73. The second-order valence-corrected chi connectivity index (χ2v) is 18.7. The zero-order chi connectivity index (χ0) is 54.7. The Labute approximate surface area is 423 Å². The van der Waals surface area contributed by atoms with Crippen LogP contribution in [0, 0.1) is 23.3 Å². The van der Waals surface area contributed by atoms with E-state index < -0.39 is 139 Å². The molecule has 0 bridgehead atoms. The number of carbonyl (C=O) groups is 11. The zero-order valence-corrected chi connectivity index (χ0v) is 42.2. The SMILES string of the molecule is CC=C(NCCC1C=C1C(=O)NC(CC(C)C)C(=O)NCC(N)=O)C1CCC(=O)N(C)CC(=O)NC(Cc2ccc(O)cc2)C(=O)[N+](=N)C(C(C)CC)C(=O)NC(CCC(N)=O)C(=O)NC(CC(N)=O)C(=O)N1. The summed E-state index contributed by atoms with van der Waals surface area (Å²) in [6, 6.07) is -2.61. The van der Waals surface area contributed by atoms with E-state index in [2.05, 4.69) is 37.2 Å². The topological polar surface area (TPSA) is 400 Å². The number of hydrogen-bond donors (Lipinski definition) is 12. The number of amides is 11. The summed E-state index contributed by atoms with van der Waals surface area (Å²) in [5, 5.41) is 28.5. The van der Waals surface area contributed by atoms with Crippen molar-refractivity contribution in [3.8, 4) is 5.75 Å². The van der Waals surface area contributed by atoms with E-state index in [-0.39, 0.29) is 49.8 Å². The standard InChI is InChI=1S/C48H71N13O12/c1-7-26(5)42-47(72)57-33(13-15-37(49)63)45(70)59-35(22-38(50)64)46(71)56-32(14-16-41(67)60(6)24-40(66)55-36(48(73)61(42)52)20-27-9-11-29(62)12-10-27)31(8-2)53-18-17-28-21-30(28)43(68)58-34(19-25(3)4)44(69)54-23-39(51)65/h8-12,21,25-26,28,32-36,42,52-53H,7,13-20,22-24H2,1-6H3,(H12-,49,50,51,54,55,56,57,58,59,62,63,64,65,66,68,69,70,71,72)/p+1. The predicted octanol–water partition coefficient (Wildman–Crippen LogP) is -2.18. The Morgan fingerprint density at radius 2 is 1.51 bits per heavy atom. The maximum atomic E-state index is 14.3. The molecule has 1 aliphatic carbocycles. The van der Waals surface area contributed by atoms with E-state index in [1.807, 2.05) is 13.8 Å². The molecule has 1 aromatic carbocycles. The van der Waals surface area contributed by atoms with Gasteiger partial charge in [0.25, 0.3) is 11.9 Å². The van der Waals surface area contributed by atoms with E-state index >= 15 is 0 Å². The van der Waals surface area contributed by atoms with E-state index in [9.17, 15) is 57.8 Å². The van der Waals surface area contributed by atoms with Crippen molar-refractivity contribution in [3.05, 3.63) is 53.3 Å². The van der Waals surface area contributed by atoms with Gasteiger partial charge in [-0.1, -0.05) is 57.5 Å². The van der Waals surface area contributed by atoms with Crippen molar-refractivity contribution in [3.63, 3.8) is 0 Å². The highest BCUT2D eigenvalue weighted by atomic mass is 16.3. The van der Waals surface area contributed by atoms with Gasteiger partial charge in [-0.05, 0) is 67.3 Å². The van der Waals surface area contributed by atoms with Crippen LogP contribution in [0.5, 0.6) is 5.75 Å². The van der Waals surface area contributed by atoms with Gasteiger partial charge in [0.2, 0.25) is 53.2 Å². The summed E-state index contributed by atoms with van der Waals surface area (Å²) >= 11 is 0. The molecule has 1 aliphatic heterocycles. The molecular weight excluding hydrogens is 951 g/mol. The summed E-state index contributed by atoms with van der Waals surface area (Å²) in [4.78, 5) is 147. The van der Waals surface area contributed by atoms with Crippen molar-refractivity contribution in [2.24, 2.45) is 35.0 Å². The maximum absolute atomic E-state index is 14.3. The number of phenolic OH excluding ortho intramolecular Hbond substituents is 1. The highest BCUT2D eigenvalue weighted by Crippen LogP contribution is 2.32. The molecule has 8 atom stereocenters.